The van der Waals surface area contributed by atoms with Gasteiger partial charge in [-0.2, -0.15) is 0 Å². The molecule has 0 spiro atoms. The van der Waals surface area contributed by atoms with Gasteiger partial charge in [0.1, 0.15) is 11.3 Å². The highest BCUT2D eigenvalue weighted by atomic mass is 19.3. The van der Waals surface area contributed by atoms with Gasteiger partial charge in [0, 0.05) is 15.7 Å². The molecule has 0 aliphatic rings. The normalized spacial score (nSPS) is 10.9. The van der Waals surface area contributed by atoms with E-state index in [0.717, 1.165) is 22.2 Å². The molecular formula is C21H16FN3O2. The topological polar surface area (TPSA) is 81.0 Å². The molecule has 6 heteroatoms. The van der Waals surface area contributed by atoms with Crippen LogP contribution in [0.15, 0.2) is 60.7 Å². The number of imidazole rings is 1. The number of amides is 1. The van der Waals surface area contributed by atoms with E-state index in [2.05, 4.69) is 14.9 Å². The number of carbonyl (C=O) groups is 1. The van der Waals surface area contributed by atoms with E-state index in [1.165, 1.54) is 0 Å². The number of para-hydroxylation sites is 1. The van der Waals surface area contributed by atoms with E-state index in [0.29, 0.717) is 22.5 Å². The van der Waals surface area contributed by atoms with E-state index in [4.69, 9.17) is 5.73 Å². The van der Waals surface area contributed by atoms with Gasteiger partial charge in [0.15, 0.2) is 5.75 Å². The van der Waals surface area contributed by atoms with E-state index >= 15 is 0 Å². The maximum Gasteiger partial charge on any atom is 0.250 e. The number of H-pyrrole nitrogens is 1. The van der Waals surface area contributed by atoms with Crippen molar-refractivity contribution in [2.24, 2.45) is 5.73 Å². The van der Waals surface area contributed by atoms with Gasteiger partial charge in [-0.3, -0.25) is 9.74 Å². The highest BCUT2D eigenvalue weighted by Crippen LogP contribution is 2.32. The molecule has 134 valence electrons. The summed E-state index contributed by atoms with van der Waals surface area (Å²) in [6.45, 7) is 1.89. The summed E-state index contributed by atoms with van der Waals surface area (Å²) in [5.41, 5.74) is 10.4. The van der Waals surface area contributed by atoms with E-state index in [-0.39, 0.29) is 5.75 Å². The van der Waals surface area contributed by atoms with Gasteiger partial charge < -0.3 is 10.7 Å². The van der Waals surface area contributed by atoms with Crippen LogP contribution in [0.4, 0.5) is 4.53 Å². The lowest BCUT2D eigenvalue weighted by Gasteiger charge is -2.06. The lowest BCUT2D eigenvalue weighted by atomic mass is 10.0. The first-order valence-electron chi connectivity index (χ1n) is 8.35. The highest BCUT2D eigenvalue weighted by Gasteiger charge is 2.14. The minimum Gasteiger partial charge on any atom is -0.366 e. The predicted molar refractivity (Wildman–Crippen MR) is 102 cm³/mol. The van der Waals surface area contributed by atoms with Crippen molar-refractivity contribution in [1.82, 2.24) is 9.97 Å². The van der Waals surface area contributed by atoms with Crippen LogP contribution in [0.25, 0.3) is 33.5 Å². The number of primary amides is 1. The third-order valence-electron chi connectivity index (χ3n) is 4.44. The Morgan fingerprint density at radius 2 is 1.78 bits per heavy atom. The number of benzene rings is 3. The van der Waals surface area contributed by atoms with Crippen molar-refractivity contribution in [3.8, 4) is 28.3 Å². The van der Waals surface area contributed by atoms with Gasteiger partial charge in [-0.1, -0.05) is 42.5 Å². The third-order valence-corrected chi connectivity index (χ3v) is 4.44. The van der Waals surface area contributed by atoms with E-state index in [1.54, 1.807) is 24.3 Å². The number of nitrogens with zero attached hydrogens (tertiary/aromatic N) is 1. The average molecular weight is 361 g/mol. The molecule has 1 amide bonds. The van der Waals surface area contributed by atoms with Crippen LogP contribution in [0, 0.1) is 6.92 Å². The molecule has 27 heavy (non-hydrogen) atoms. The number of hydrogen-bond donors (Lipinski definition) is 2. The summed E-state index contributed by atoms with van der Waals surface area (Å²) in [5.74, 6) is 0.273. The molecule has 0 bridgehead atoms. The summed E-state index contributed by atoms with van der Waals surface area (Å²) in [6.07, 6.45) is 0. The summed E-state index contributed by atoms with van der Waals surface area (Å²) in [7, 11) is 0. The minimum atomic E-state index is -0.514. The molecule has 0 radical (unpaired) electrons. The monoisotopic (exact) mass is 361 g/mol. The zero-order valence-corrected chi connectivity index (χ0v) is 14.5. The number of aryl methyl sites for hydroxylation is 1. The third kappa shape index (κ3) is 3.01. The quantitative estimate of drug-likeness (QED) is 0.559. The Morgan fingerprint density at radius 3 is 2.48 bits per heavy atom. The van der Waals surface area contributed by atoms with Crippen molar-refractivity contribution in [1.29, 1.82) is 0 Å². The Balaban J connectivity index is 1.76. The smallest absolute Gasteiger partial charge is 0.250 e. The first-order chi connectivity index (χ1) is 13.1. The van der Waals surface area contributed by atoms with Gasteiger partial charge in [0.05, 0.1) is 11.1 Å². The largest absolute Gasteiger partial charge is 0.366 e. The first kappa shape index (κ1) is 16.8. The Kier molecular flexibility index (Phi) is 4.08. The van der Waals surface area contributed by atoms with E-state index in [9.17, 15) is 9.32 Å². The summed E-state index contributed by atoms with van der Waals surface area (Å²) in [6, 6.07) is 18.0. The molecule has 4 aromatic rings. The Hall–Kier alpha value is -3.67. The maximum atomic E-state index is 12.7. The van der Waals surface area contributed by atoms with Crippen molar-refractivity contribution < 1.29 is 14.3 Å². The molecule has 0 fully saturated rings. The second kappa shape index (κ2) is 6.57. The fraction of sp³-hybridized carbons (Fsp3) is 0.0476. The highest BCUT2D eigenvalue weighted by molar-refractivity contribution is 6.05. The molecule has 3 aromatic carbocycles. The van der Waals surface area contributed by atoms with E-state index in [1.807, 2.05) is 43.3 Å². The minimum absolute atomic E-state index is 0.163. The second-order valence-electron chi connectivity index (χ2n) is 6.31. The van der Waals surface area contributed by atoms with Crippen molar-refractivity contribution >= 4 is 16.9 Å². The summed E-state index contributed by atoms with van der Waals surface area (Å²) >= 11 is 0. The molecule has 0 unspecified atom stereocenters. The molecule has 0 saturated heterocycles. The Morgan fingerprint density at radius 1 is 1.07 bits per heavy atom. The molecule has 1 aromatic heterocycles. The van der Waals surface area contributed by atoms with E-state index < -0.39 is 5.91 Å². The fourth-order valence-corrected chi connectivity index (χ4v) is 3.17. The molecule has 0 saturated carbocycles. The molecule has 0 atom stereocenters. The van der Waals surface area contributed by atoms with Gasteiger partial charge in [-0.15, -0.1) is 0 Å². The van der Waals surface area contributed by atoms with Crippen LogP contribution in [0.2, 0.25) is 0 Å². The number of rotatable bonds is 4. The van der Waals surface area contributed by atoms with Gasteiger partial charge >= 0.3 is 0 Å². The number of nitrogens with two attached hydrogens (primary N) is 1. The molecule has 5 nitrogen and oxygen atoms in total. The summed E-state index contributed by atoms with van der Waals surface area (Å²) < 4.78 is 12.7. The molecule has 0 aliphatic heterocycles. The molecular weight excluding hydrogens is 345 g/mol. The van der Waals surface area contributed by atoms with Crippen molar-refractivity contribution in [3.63, 3.8) is 0 Å². The molecule has 3 N–H and O–H groups in total. The van der Waals surface area contributed by atoms with Crippen LogP contribution in [0.3, 0.4) is 0 Å². The SMILES string of the molecule is Cc1cc(C(N)=O)c2nc(-c3ccc(-c4ccccc4OF)cc3)[nH]c2c1. The summed E-state index contributed by atoms with van der Waals surface area (Å²) in [5, 5.41) is 0. The summed E-state index contributed by atoms with van der Waals surface area (Å²) in [4.78, 5) is 23.4. The molecule has 1 heterocycles. The number of carbonyl (C=O) groups excluding carboxylic acids is 1. The lowest BCUT2D eigenvalue weighted by molar-refractivity contribution is -0.00545. The van der Waals surface area contributed by atoms with Crippen molar-refractivity contribution in [3.05, 3.63) is 71.8 Å². The lowest BCUT2D eigenvalue weighted by Crippen LogP contribution is -2.11. The maximum absolute atomic E-state index is 12.7. The van der Waals surface area contributed by atoms with Crippen LogP contribution in [0.1, 0.15) is 15.9 Å². The molecule has 0 aliphatic carbocycles. The van der Waals surface area contributed by atoms with Crippen LogP contribution in [0.5, 0.6) is 5.75 Å². The number of fused-ring (bicyclic) bond motifs is 1. The Bertz CT molecular complexity index is 1150. The Labute approximate surface area is 154 Å². The fourth-order valence-electron chi connectivity index (χ4n) is 3.17. The number of aromatic amines is 1. The van der Waals surface area contributed by atoms with Crippen LogP contribution in [-0.4, -0.2) is 15.9 Å². The average Bonchev–Trinajstić information content (AvgIpc) is 3.11. The zero-order chi connectivity index (χ0) is 19.0. The number of halogens is 1. The number of aromatic nitrogens is 2. The van der Waals surface area contributed by atoms with Crippen LogP contribution in [-0.2, 0) is 0 Å². The van der Waals surface area contributed by atoms with Gasteiger partial charge in [-0.25, -0.2) is 4.98 Å². The number of nitrogens with one attached hydrogen (secondary N) is 1. The standard InChI is InChI=1S/C21H16FN3O2/c1-12-10-16(20(23)26)19-17(11-12)24-21(25-19)14-8-6-13(7-9-14)15-4-2-3-5-18(15)27-22/h2-11H,1H3,(H2,23,26)(H,24,25). The second-order valence-corrected chi connectivity index (χ2v) is 6.31. The predicted octanol–water partition coefficient (Wildman–Crippen LogP) is 4.57. The van der Waals surface area contributed by atoms with Gasteiger partial charge in [-0.05, 0) is 36.2 Å². The van der Waals surface area contributed by atoms with Crippen molar-refractivity contribution in [2.45, 2.75) is 6.92 Å². The first-order valence-corrected chi connectivity index (χ1v) is 8.35. The molecule has 4 rings (SSSR count). The zero-order valence-electron chi connectivity index (χ0n) is 14.5. The van der Waals surface area contributed by atoms with Crippen molar-refractivity contribution in [2.75, 3.05) is 0 Å². The van der Waals surface area contributed by atoms with Gasteiger partial charge in [0.25, 0.3) is 5.91 Å². The van der Waals surface area contributed by atoms with Crippen LogP contribution < -0.4 is 10.7 Å². The van der Waals surface area contributed by atoms with Crippen LogP contribution >= 0.6 is 0 Å². The number of hydrogen-bond acceptors (Lipinski definition) is 3. The van der Waals surface area contributed by atoms with Gasteiger partial charge in [0.2, 0.25) is 0 Å².